The summed E-state index contributed by atoms with van der Waals surface area (Å²) < 4.78 is 1.96. The second-order valence-electron chi connectivity index (χ2n) is 8.60. The smallest absolute Gasteiger partial charge is 0.303 e. The van der Waals surface area contributed by atoms with Crippen LogP contribution in [0.25, 0.3) is 0 Å². The Bertz CT molecular complexity index is 832. The van der Waals surface area contributed by atoms with Crippen LogP contribution in [0.15, 0.2) is 36.4 Å². The summed E-state index contributed by atoms with van der Waals surface area (Å²) in [6, 6.07) is 11.4. The summed E-state index contributed by atoms with van der Waals surface area (Å²) in [6.45, 7) is 6.25. The van der Waals surface area contributed by atoms with E-state index in [1.165, 1.54) is 0 Å². The Kier molecular flexibility index (Phi) is 5.87. The molecule has 2 aromatic rings. The lowest BCUT2D eigenvalue weighted by atomic mass is 10.0. The fourth-order valence-electron chi connectivity index (χ4n) is 3.39. The Labute approximate surface area is 166 Å². The molecule has 1 aliphatic carbocycles. The van der Waals surface area contributed by atoms with Gasteiger partial charge < -0.3 is 10.4 Å². The molecule has 0 bridgehead atoms. The van der Waals surface area contributed by atoms with Gasteiger partial charge in [0, 0.05) is 24.1 Å². The van der Waals surface area contributed by atoms with Crippen LogP contribution in [0.1, 0.15) is 74.1 Å². The van der Waals surface area contributed by atoms with Gasteiger partial charge >= 0.3 is 5.97 Å². The van der Waals surface area contributed by atoms with Crippen LogP contribution in [-0.4, -0.2) is 32.8 Å². The van der Waals surface area contributed by atoms with E-state index in [0.717, 1.165) is 24.1 Å². The number of carbonyl (C=O) groups excluding carboxylic acids is 1. The molecule has 1 unspecified atom stereocenters. The van der Waals surface area contributed by atoms with E-state index >= 15 is 0 Å². The number of carbonyl (C=O) groups is 2. The minimum atomic E-state index is -0.861. The largest absolute Gasteiger partial charge is 0.481 e. The zero-order chi connectivity index (χ0) is 20.3. The van der Waals surface area contributed by atoms with Gasteiger partial charge in [-0.15, -0.1) is 0 Å². The van der Waals surface area contributed by atoms with Crippen molar-refractivity contribution in [2.45, 2.75) is 70.4 Å². The first-order valence-corrected chi connectivity index (χ1v) is 9.91. The maximum Gasteiger partial charge on any atom is 0.303 e. The molecule has 1 aromatic carbocycles. The first-order chi connectivity index (χ1) is 13.2. The predicted octanol–water partition coefficient (Wildman–Crippen LogP) is 3.72. The van der Waals surface area contributed by atoms with Gasteiger partial charge in [-0.2, -0.15) is 5.10 Å². The third kappa shape index (κ3) is 5.21. The van der Waals surface area contributed by atoms with Gasteiger partial charge in [0.05, 0.1) is 5.54 Å². The minimum Gasteiger partial charge on any atom is -0.481 e. The number of aromatic nitrogens is 2. The van der Waals surface area contributed by atoms with Crippen molar-refractivity contribution < 1.29 is 14.7 Å². The van der Waals surface area contributed by atoms with Crippen LogP contribution in [0.2, 0.25) is 0 Å². The summed E-state index contributed by atoms with van der Waals surface area (Å²) in [7, 11) is 0. The number of rotatable bonds is 8. The number of carboxylic acid groups (broad SMARTS) is 1. The molecule has 6 heteroatoms. The second-order valence-corrected chi connectivity index (χ2v) is 8.60. The lowest BCUT2D eigenvalue weighted by Crippen LogP contribution is -2.37. The molecule has 0 radical (unpaired) electrons. The van der Waals surface area contributed by atoms with Crippen molar-refractivity contribution in [2.75, 3.05) is 0 Å². The molecule has 0 saturated heterocycles. The SMILES string of the molecule is CC(C)(C)n1nc(C(=O)NC(CCC(=O)O)Cc2ccccc2)cc1C1CC1. The Morgan fingerprint density at radius 2 is 1.93 bits per heavy atom. The maximum atomic E-state index is 12.9. The van der Waals surface area contributed by atoms with Crippen molar-refractivity contribution in [3.63, 3.8) is 0 Å². The molecule has 0 spiro atoms. The number of amides is 1. The van der Waals surface area contributed by atoms with Crippen molar-refractivity contribution >= 4 is 11.9 Å². The molecule has 0 aliphatic heterocycles. The summed E-state index contributed by atoms with van der Waals surface area (Å²) in [4.78, 5) is 23.9. The average molecular weight is 383 g/mol. The number of nitrogens with zero attached hydrogens (tertiary/aromatic N) is 2. The van der Waals surface area contributed by atoms with Gasteiger partial charge in [0.25, 0.3) is 5.91 Å². The van der Waals surface area contributed by atoms with E-state index in [9.17, 15) is 9.59 Å². The number of nitrogens with one attached hydrogen (secondary N) is 1. The molecule has 2 N–H and O–H groups in total. The van der Waals surface area contributed by atoms with E-state index in [0.29, 0.717) is 24.5 Å². The molecule has 1 amide bonds. The number of carboxylic acids is 1. The average Bonchev–Trinajstić information content (AvgIpc) is 3.37. The van der Waals surface area contributed by atoms with Crippen LogP contribution < -0.4 is 5.32 Å². The highest BCUT2D eigenvalue weighted by Gasteiger charge is 2.32. The number of hydrogen-bond donors (Lipinski definition) is 2. The van der Waals surface area contributed by atoms with Gasteiger partial charge in [0.2, 0.25) is 0 Å². The fraction of sp³-hybridized carbons (Fsp3) is 0.500. The van der Waals surface area contributed by atoms with Crippen molar-refractivity contribution in [1.82, 2.24) is 15.1 Å². The first-order valence-electron chi connectivity index (χ1n) is 9.91. The summed E-state index contributed by atoms with van der Waals surface area (Å²) in [5, 5.41) is 16.6. The standard InChI is InChI=1S/C22H29N3O3/c1-22(2,3)25-19(16-9-10-16)14-18(24-25)21(28)23-17(11-12-20(26)27)13-15-7-5-4-6-8-15/h4-8,14,16-17H,9-13H2,1-3H3,(H,23,28)(H,26,27). The van der Waals surface area contributed by atoms with E-state index in [1.54, 1.807) is 0 Å². The molecule has 28 heavy (non-hydrogen) atoms. The zero-order valence-electron chi connectivity index (χ0n) is 16.8. The molecule has 1 aliphatic rings. The van der Waals surface area contributed by atoms with Crippen LogP contribution in [0.3, 0.4) is 0 Å². The van der Waals surface area contributed by atoms with Gasteiger partial charge in [0.15, 0.2) is 0 Å². The van der Waals surface area contributed by atoms with Crippen LogP contribution >= 0.6 is 0 Å². The van der Waals surface area contributed by atoms with Crippen LogP contribution in [0.4, 0.5) is 0 Å². The predicted molar refractivity (Wildman–Crippen MR) is 107 cm³/mol. The molecule has 3 rings (SSSR count). The van der Waals surface area contributed by atoms with E-state index < -0.39 is 5.97 Å². The molecule has 1 heterocycles. The Morgan fingerprint density at radius 3 is 2.50 bits per heavy atom. The fourth-order valence-corrected chi connectivity index (χ4v) is 3.39. The third-order valence-corrected chi connectivity index (χ3v) is 4.97. The lowest BCUT2D eigenvalue weighted by molar-refractivity contribution is -0.137. The Morgan fingerprint density at radius 1 is 1.25 bits per heavy atom. The van der Waals surface area contributed by atoms with Crippen molar-refractivity contribution in [3.05, 3.63) is 53.3 Å². The van der Waals surface area contributed by atoms with Crippen molar-refractivity contribution in [2.24, 2.45) is 0 Å². The highest BCUT2D eigenvalue weighted by Crippen LogP contribution is 2.41. The van der Waals surface area contributed by atoms with E-state index in [2.05, 4.69) is 31.2 Å². The van der Waals surface area contributed by atoms with Crippen LogP contribution in [0.5, 0.6) is 0 Å². The maximum absolute atomic E-state index is 12.9. The van der Waals surface area contributed by atoms with E-state index in [1.807, 2.05) is 41.1 Å². The molecule has 1 aromatic heterocycles. The normalized spacial score (nSPS) is 15.2. The van der Waals surface area contributed by atoms with Crippen LogP contribution in [0, 0.1) is 0 Å². The lowest BCUT2D eigenvalue weighted by Gasteiger charge is -2.22. The Balaban J connectivity index is 1.76. The molecule has 1 fully saturated rings. The quantitative estimate of drug-likeness (QED) is 0.728. The molecule has 1 atom stereocenters. The molecule has 150 valence electrons. The number of benzene rings is 1. The molecular formula is C22H29N3O3. The summed E-state index contributed by atoms with van der Waals surface area (Å²) >= 11 is 0. The van der Waals surface area contributed by atoms with Gasteiger partial charge in [-0.25, -0.2) is 0 Å². The highest BCUT2D eigenvalue weighted by molar-refractivity contribution is 5.92. The third-order valence-electron chi connectivity index (χ3n) is 4.97. The zero-order valence-corrected chi connectivity index (χ0v) is 16.8. The van der Waals surface area contributed by atoms with Crippen molar-refractivity contribution in [1.29, 1.82) is 0 Å². The van der Waals surface area contributed by atoms with Gasteiger partial charge in [-0.05, 0) is 58.1 Å². The topological polar surface area (TPSA) is 84.2 Å². The highest BCUT2D eigenvalue weighted by atomic mass is 16.4. The molecular weight excluding hydrogens is 354 g/mol. The molecule has 6 nitrogen and oxygen atoms in total. The number of aliphatic carboxylic acids is 1. The number of hydrogen-bond acceptors (Lipinski definition) is 3. The van der Waals surface area contributed by atoms with E-state index in [4.69, 9.17) is 5.11 Å². The summed E-state index contributed by atoms with van der Waals surface area (Å²) in [5.74, 6) is -0.614. The van der Waals surface area contributed by atoms with Gasteiger partial charge in [0.1, 0.15) is 5.69 Å². The minimum absolute atomic E-state index is 0.0154. The van der Waals surface area contributed by atoms with Crippen LogP contribution in [-0.2, 0) is 16.8 Å². The monoisotopic (exact) mass is 383 g/mol. The Hall–Kier alpha value is -2.63. The summed E-state index contributed by atoms with van der Waals surface area (Å²) in [6.07, 6.45) is 3.26. The summed E-state index contributed by atoms with van der Waals surface area (Å²) in [5.41, 5.74) is 2.40. The first kappa shape index (κ1) is 20.1. The van der Waals surface area contributed by atoms with Crippen molar-refractivity contribution in [3.8, 4) is 0 Å². The van der Waals surface area contributed by atoms with E-state index in [-0.39, 0.29) is 23.9 Å². The second kappa shape index (κ2) is 8.17. The van der Waals surface area contributed by atoms with Gasteiger partial charge in [-0.1, -0.05) is 30.3 Å². The molecule has 1 saturated carbocycles. The van der Waals surface area contributed by atoms with Gasteiger partial charge in [-0.3, -0.25) is 14.3 Å².